The van der Waals surface area contributed by atoms with Crippen LogP contribution in [0, 0.1) is 13.8 Å². The highest BCUT2D eigenvalue weighted by molar-refractivity contribution is 6.31. The zero-order valence-corrected chi connectivity index (χ0v) is 14.6. The Kier molecular flexibility index (Phi) is 5.79. The lowest BCUT2D eigenvalue weighted by molar-refractivity contribution is -0.119. The van der Waals surface area contributed by atoms with Crippen molar-refractivity contribution >= 4 is 23.2 Å². The predicted octanol–water partition coefficient (Wildman–Crippen LogP) is 2.93. The number of ether oxygens (including phenoxy) is 1. The van der Waals surface area contributed by atoms with E-state index >= 15 is 0 Å². The fourth-order valence-corrected chi connectivity index (χ4v) is 2.45. The molecule has 126 valence electrons. The third-order valence-corrected chi connectivity index (χ3v) is 4.10. The molecule has 2 heterocycles. The summed E-state index contributed by atoms with van der Waals surface area (Å²) in [4.78, 5) is 12.6. The van der Waals surface area contributed by atoms with Crippen LogP contribution in [0.25, 0.3) is 0 Å². The van der Waals surface area contributed by atoms with Gasteiger partial charge in [-0.05, 0) is 27.2 Å². The van der Waals surface area contributed by atoms with Crippen LogP contribution in [-0.2, 0) is 16.3 Å². The molecule has 2 rings (SSSR count). The Bertz CT molecular complexity index is 679. The van der Waals surface area contributed by atoms with Gasteiger partial charge in [-0.2, -0.15) is 10.2 Å². The maximum absolute atomic E-state index is 12.6. The molecule has 8 heteroatoms. The van der Waals surface area contributed by atoms with E-state index in [-0.39, 0.29) is 5.91 Å². The van der Waals surface area contributed by atoms with Gasteiger partial charge in [-0.25, -0.2) is 4.68 Å². The van der Waals surface area contributed by atoms with E-state index < -0.39 is 6.04 Å². The number of rotatable bonds is 7. The molecule has 0 aromatic carbocycles. The van der Waals surface area contributed by atoms with Gasteiger partial charge in [0.25, 0.3) is 0 Å². The van der Waals surface area contributed by atoms with E-state index in [1.165, 1.54) is 0 Å². The lowest BCUT2D eigenvalue weighted by Gasteiger charge is -2.16. The lowest BCUT2D eigenvalue weighted by atomic mass is 10.2. The van der Waals surface area contributed by atoms with Crippen LogP contribution in [0.5, 0.6) is 0 Å². The van der Waals surface area contributed by atoms with E-state index in [4.69, 9.17) is 16.3 Å². The number of anilines is 1. The molecule has 0 saturated carbocycles. The molecular weight excluding hydrogens is 318 g/mol. The van der Waals surface area contributed by atoms with Gasteiger partial charge in [-0.3, -0.25) is 9.48 Å². The number of halogens is 1. The SMILES string of the molecule is CCOCn1cc(NC(=O)C(CC)n2nc(C)c(Cl)c2C)cn1. The monoisotopic (exact) mass is 339 g/mol. The zero-order valence-electron chi connectivity index (χ0n) is 13.8. The van der Waals surface area contributed by atoms with Crippen LogP contribution in [0.2, 0.25) is 5.02 Å². The zero-order chi connectivity index (χ0) is 17.0. The molecule has 0 spiro atoms. The number of hydrogen-bond acceptors (Lipinski definition) is 4. The van der Waals surface area contributed by atoms with Crippen LogP contribution < -0.4 is 5.32 Å². The molecule has 1 amide bonds. The van der Waals surface area contributed by atoms with Crippen molar-refractivity contribution in [3.8, 4) is 0 Å². The van der Waals surface area contributed by atoms with Crippen molar-refractivity contribution < 1.29 is 9.53 Å². The first-order chi connectivity index (χ1) is 11.0. The second-order valence-corrected chi connectivity index (χ2v) is 5.61. The molecule has 0 fully saturated rings. The first kappa shape index (κ1) is 17.5. The van der Waals surface area contributed by atoms with E-state index in [9.17, 15) is 4.79 Å². The Morgan fingerprint density at radius 3 is 2.74 bits per heavy atom. The summed E-state index contributed by atoms with van der Waals surface area (Å²) in [7, 11) is 0. The Balaban J connectivity index is 2.11. The van der Waals surface area contributed by atoms with Crippen molar-refractivity contribution in [2.24, 2.45) is 0 Å². The molecule has 2 aromatic rings. The summed E-state index contributed by atoms with van der Waals surface area (Å²) in [6.07, 6.45) is 3.93. The second-order valence-electron chi connectivity index (χ2n) is 5.23. The topological polar surface area (TPSA) is 74.0 Å². The van der Waals surface area contributed by atoms with Crippen molar-refractivity contribution in [1.82, 2.24) is 19.6 Å². The maximum atomic E-state index is 12.6. The van der Waals surface area contributed by atoms with Crippen molar-refractivity contribution in [3.63, 3.8) is 0 Å². The van der Waals surface area contributed by atoms with Crippen molar-refractivity contribution in [2.75, 3.05) is 11.9 Å². The molecular formula is C15H22ClN5O2. The number of amides is 1. The second kappa shape index (κ2) is 7.61. The summed E-state index contributed by atoms with van der Waals surface area (Å²) in [5.74, 6) is -0.147. The summed E-state index contributed by atoms with van der Waals surface area (Å²) in [5.41, 5.74) is 2.14. The van der Waals surface area contributed by atoms with Gasteiger partial charge in [-0.1, -0.05) is 18.5 Å². The van der Waals surface area contributed by atoms with Gasteiger partial charge in [-0.15, -0.1) is 0 Å². The molecule has 0 bridgehead atoms. The number of aryl methyl sites for hydroxylation is 1. The molecule has 1 N–H and O–H groups in total. The molecule has 7 nitrogen and oxygen atoms in total. The van der Waals surface area contributed by atoms with Crippen LogP contribution in [0.3, 0.4) is 0 Å². The van der Waals surface area contributed by atoms with Gasteiger partial charge in [0.15, 0.2) is 0 Å². The minimum atomic E-state index is -0.420. The number of nitrogens with one attached hydrogen (secondary N) is 1. The van der Waals surface area contributed by atoms with Crippen molar-refractivity contribution in [1.29, 1.82) is 0 Å². The number of carbonyl (C=O) groups excluding carboxylic acids is 1. The van der Waals surface area contributed by atoms with Gasteiger partial charge in [0.1, 0.15) is 12.8 Å². The average Bonchev–Trinajstić information content (AvgIpc) is 3.07. The number of aromatic nitrogens is 4. The highest BCUT2D eigenvalue weighted by Gasteiger charge is 2.23. The van der Waals surface area contributed by atoms with E-state index in [0.717, 1.165) is 11.4 Å². The van der Waals surface area contributed by atoms with Crippen LogP contribution in [0.15, 0.2) is 12.4 Å². The summed E-state index contributed by atoms with van der Waals surface area (Å²) >= 11 is 6.17. The first-order valence-corrected chi connectivity index (χ1v) is 7.97. The van der Waals surface area contributed by atoms with E-state index in [1.54, 1.807) is 21.8 Å². The molecule has 2 aromatic heterocycles. The van der Waals surface area contributed by atoms with E-state index in [0.29, 0.717) is 30.5 Å². The van der Waals surface area contributed by atoms with Crippen LogP contribution in [-0.4, -0.2) is 32.1 Å². The highest BCUT2D eigenvalue weighted by Crippen LogP contribution is 2.24. The molecule has 0 radical (unpaired) electrons. The Labute approximate surface area is 140 Å². The largest absolute Gasteiger partial charge is 0.360 e. The van der Waals surface area contributed by atoms with Crippen LogP contribution in [0.1, 0.15) is 37.7 Å². The Hall–Kier alpha value is -1.86. The summed E-state index contributed by atoms with van der Waals surface area (Å²) in [6, 6.07) is -0.420. The standard InChI is InChI=1S/C15H22ClN5O2/c1-5-13(21-11(4)14(16)10(3)19-21)15(22)18-12-7-17-20(8-12)9-23-6-2/h7-8,13H,5-6,9H2,1-4H3,(H,18,22). The molecule has 1 atom stereocenters. The highest BCUT2D eigenvalue weighted by atomic mass is 35.5. The fourth-order valence-electron chi connectivity index (χ4n) is 2.32. The van der Waals surface area contributed by atoms with Crippen molar-refractivity contribution in [2.45, 2.75) is 46.9 Å². The summed E-state index contributed by atoms with van der Waals surface area (Å²) in [6.45, 7) is 8.51. The third-order valence-electron chi connectivity index (χ3n) is 3.55. The number of nitrogens with zero attached hydrogens (tertiary/aromatic N) is 4. The molecule has 0 aliphatic heterocycles. The molecule has 1 unspecified atom stereocenters. The first-order valence-electron chi connectivity index (χ1n) is 7.60. The van der Waals surface area contributed by atoms with Crippen molar-refractivity contribution in [3.05, 3.63) is 28.8 Å². The number of hydrogen-bond donors (Lipinski definition) is 1. The lowest BCUT2D eigenvalue weighted by Crippen LogP contribution is -2.27. The van der Waals surface area contributed by atoms with Gasteiger partial charge in [0, 0.05) is 6.61 Å². The fraction of sp³-hybridized carbons (Fsp3) is 0.533. The quantitative estimate of drug-likeness (QED) is 0.841. The molecule has 0 saturated heterocycles. The molecule has 0 aliphatic rings. The summed E-state index contributed by atoms with van der Waals surface area (Å²) in [5, 5.41) is 12.0. The third kappa shape index (κ3) is 3.92. The van der Waals surface area contributed by atoms with Gasteiger partial charge in [0.05, 0.1) is 34.5 Å². The Morgan fingerprint density at radius 2 is 2.17 bits per heavy atom. The maximum Gasteiger partial charge on any atom is 0.249 e. The van der Waals surface area contributed by atoms with Crippen LogP contribution in [0.4, 0.5) is 5.69 Å². The minimum Gasteiger partial charge on any atom is -0.360 e. The Morgan fingerprint density at radius 1 is 1.43 bits per heavy atom. The smallest absolute Gasteiger partial charge is 0.249 e. The molecule has 0 aliphatic carbocycles. The van der Waals surface area contributed by atoms with Crippen LogP contribution >= 0.6 is 11.6 Å². The average molecular weight is 340 g/mol. The summed E-state index contributed by atoms with van der Waals surface area (Å²) < 4.78 is 8.57. The normalized spacial score (nSPS) is 12.4. The van der Waals surface area contributed by atoms with Gasteiger partial charge in [0.2, 0.25) is 5.91 Å². The molecule has 23 heavy (non-hydrogen) atoms. The number of carbonyl (C=O) groups is 1. The van der Waals surface area contributed by atoms with Gasteiger partial charge < -0.3 is 10.1 Å². The minimum absolute atomic E-state index is 0.147. The van der Waals surface area contributed by atoms with Gasteiger partial charge >= 0.3 is 0 Å². The van der Waals surface area contributed by atoms with E-state index in [1.807, 2.05) is 27.7 Å². The predicted molar refractivity (Wildman–Crippen MR) is 88.5 cm³/mol. The van der Waals surface area contributed by atoms with E-state index in [2.05, 4.69) is 15.5 Å².